The van der Waals surface area contributed by atoms with E-state index in [1.807, 2.05) is 0 Å². The molecule has 0 heterocycles. The molecule has 3 aliphatic carbocycles. The van der Waals surface area contributed by atoms with E-state index in [4.69, 9.17) is 10.6 Å². The van der Waals surface area contributed by atoms with Crippen molar-refractivity contribution in [2.75, 3.05) is 0 Å². The Morgan fingerprint density at radius 2 is 0.857 bits per heavy atom. The zero-order valence-electron chi connectivity index (χ0n) is 17.4. The van der Waals surface area contributed by atoms with Crippen molar-refractivity contribution < 1.29 is 25.0 Å². The average molecular weight is 451 g/mol. The van der Waals surface area contributed by atoms with E-state index in [1.54, 1.807) is 0 Å². The molecule has 0 N–H and O–H groups in total. The Balaban J connectivity index is 1.60. The molecule has 0 spiro atoms. The normalized spacial score (nSPS) is 34.8. The molecular formula is C21H33GaO6. The van der Waals surface area contributed by atoms with E-state index in [-0.39, 0.29) is 35.7 Å². The summed E-state index contributed by atoms with van der Waals surface area (Å²) in [6, 6.07) is 0. The average Bonchev–Trinajstić information content (AvgIpc) is 3.36. The molecular weight excluding hydrogens is 418 g/mol. The van der Waals surface area contributed by atoms with Crippen LogP contribution in [-0.4, -0.2) is 35.2 Å². The molecule has 3 fully saturated rings. The monoisotopic (exact) mass is 450 g/mol. The van der Waals surface area contributed by atoms with Crippen LogP contribution in [-0.2, 0) is 25.0 Å². The summed E-state index contributed by atoms with van der Waals surface area (Å²) in [5, 5.41) is 0. The van der Waals surface area contributed by atoms with E-state index in [1.165, 1.54) is 0 Å². The Labute approximate surface area is 174 Å². The van der Waals surface area contributed by atoms with E-state index in [9.17, 15) is 14.4 Å². The van der Waals surface area contributed by atoms with Crippen molar-refractivity contribution in [1.82, 2.24) is 0 Å². The quantitative estimate of drug-likeness (QED) is 0.570. The number of hydrogen-bond donors (Lipinski definition) is 0. The van der Waals surface area contributed by atoms with Crippen molar-refractivity contribution in [3.8, 4) is 0 Å². The molecule has 0 radical (unpaired) electrons. The summed E-state index contributed by atoms with van der Waals surface area (Å²) in [4.78, 5) is 37.7. The second-order valence-electron chi connectivity index (χ2n) is 9.44. The first-order chi connectivity index (χ1) is 13.3. The van der Waals surface area contributed by atoms with Crippen LogP contribution in [0, 0.1) is 35.5 Å². The molecule has 0 aromatic rings. The molecule has 7 heteroatoms. The van der Waals surface area contributed by atoms with Gasteiger partial charge in [-0.05, 0) is 0 Å². The van der Waals surface area contributed by atoms with Gasteiger partial charge in [0.05, 0.1) is 0 Å². The van der Waals surface area contributed by atoms with Crippen LogP contribution in [0.25, 0.3) is 0 Å². The van der Waals surface area contributed by atoms with Crippen LogP contribution in [0.3, 0.4) is 0 Å². The second kappa shape index (κ2) is 9.70. The van der Waals surface area contributed by atoms with Gasteiger partial charge in [0, 0.05) is 0 Å². The predicted octanol–water partition coefficient (Wildman–Crippen LogP) is 3.91. The van der Waals surface area contributed by atoms with Crippen LogP contribution in [0.4, 0.5) is 0 Å². The van der Waals surface area contributed by atoms with E-state index in [0.29, 0.717) is 17.8 Å². The Hall–Kier alpha value is -0.954. The zero-order chi connectivity index (χ0) is 20.3. The van der Waals surface area contributed by atoms with Gasteiger partial charge >= 0.3 is 174 Å². The van der Waals surface area contributed by atoms with Crippen molar-refractivity contribution in [2.24, 2.45) is 35.5 Å². The summed E-state index contributed by atoms with van der Waals surface area (Å²) >= 11 is -3.75. The summed E-state index contributed by atoms with van der Waals surface area (Å²) < 4.78 is 16.7. The fourth-order valence-corrected chi connectivity index (χ4v) is 7.62. The van der Waals surface area contributed by atoms with Crippen LogP contribution in [0.5, 0.6) is 0 Å². The van der Waals surface area contributed by atoms with Crippen LogP contribution >= 0.6 is 0 Å². The topological polar surface area (TPSA) is 78.9 Å². The molecule has 3 saturated carbocycles. The van der Waals surface area contributed by atoms with Crippen LogP contribution < -0.4 is 0 Å². The maximum atomic E-state index is 12.6. The van der Waals surface area contributed by atoms with E-state index in [0.717, 1.165) is 57.8 Å². The Morgan fingerprint density at radius 1 is 0.571 bits per heavy atom. The third kappa shape index (κ3) is 5.78. The molecule has 6 atom stereocenters. The van der Waals surface area contributed by atoms with Crippen molar-refractivity contribution in [3.63, 3.8) is 0 Å². The predicted molar refractivity (Wildman–Crippen MR) is 104 cm³/mol. The molecule has 3 rings (SSSR count). The van der Waals surface area contributed by atoms with Gasteiger partial charge in [-0.25, -0.2) is 0 Å². The molecule has 0 bridgehead atoms. The number of hydrogen-bond acceptors (Lipinski definition) is 6. The summed E-state index contributed by atoms with van der Waals surface area (Å²) in [5.41, 5.74) is 0. The summed E-state index contributed by atoms with van der Waals surface area (Å²) in [5.74, 6) is -0.0788. The Morgan fingerprint density at radius 3 is 1.07 bits per heavy atom. The number of carbonyl (C=O) groups excluding carboxylic acids is 3. The van der Waals surface area contributed by atoms with E-state index < -0.39 is 17.3 Å². The fraction of sp³-hybridized carbons (Fsp3) is 0.857. The third-order valence-corrected chi connectivity index (χ3v) is 9.40. The first kappa shape index (κ1) is 21.7. The molecule has 28 heavy (non-hydrogen) atoms. The summed E-state index contributed by atoms with van der Waals surface area (Å²) in [7, 11) is 0. The minimum atomic E-state index is -3.75. The van der Waals surface area contributed by atoms with Gasteiger partial charge in [0.25, 0.3) is 0 Å². The minimum absolute atomic E-state index is 0.168. The van der Waals surface area contributed by atoms with Crippen molar-refractivity contribution in [3.05, 3.63) is 0 Å². The zero-order valence-corrected chi connectivity index (χ0v) is 19.8. The number of rotatable bonds is 6. The van der Waals surface area contributed by atoms with Gasteiger partial charge in [0.1, 0.15) is 0 Å². The molecule has 0 aromatic heterocycles. The Kier molecular flexibility index (Phi) is 7.53. The van der Waals surface area contributed by atoms with Crippen molar-refractivity contribution in [1.29, 1.82) is 0 Å². The first-order valence-corrected chi connectivity index (χ1v) is 13.9. The molecule has 0 saturated heterocycles. The van der Waals surface area contributed by atoms with Gasteiger partial charge in [0.15, 0.2) is 0 Å². The molecule has 156 valence electrons. The molecule has 6 nitrogen and oxygen atoms in total. The van der Waals surface area contributed by atoms with Crippen LogP contribution in [0.1, 0.15) is 78.6 Å². The molecule has 6 unspecified atom stereocenters. The Bertz CT molecular complexity index is 513. The molecule has 0 amide bonds. The van der Waals surface area contributed by atoms with Gasteiger partial charge in [-0.3, -0.25) is 0 Å². The van der Waals surface area contributed by atoms with E-state index in [2.05, 4.69) is 20.8 Å². The second-order valence-corrected chi connectivity index (χ2v) is 12.1. The molecule has 0 aromatic carbocycles. The van der Waals surface area contributed by atoms with Gasteiger partial charge < -0.3 is 0 Å². The number of carbonyl (C=O) groups is 3. The maximum absolute atomic E-state index is 12.6. The molecule has 0 aliphatic heterocycles. The van der Waals surface area contributed by atoms with Crippen molar-refractivity contribution >= 4 is 35.2 Å². The van der Waals surface area contributed by atoms with Gasteiger partial charge in [-0.15, -0.1) is 0 Å². The van der Waals surface area contributed by atoms with Gasteiger partial charge in [-0.1, -0.05) is 0 Å². The SMILES string of the molecule is CC1CCC(C(=O)[O][Ga]([O]C(=O)C2CCC(C)C2)[O]C(=O)C2CCC(C)C2)C1. The fourth-order valence-electron chi connectivity index (χ4n) is 4.91. The van der Waals surface area contributed by atoms with Crippen LogP contribution in [0.15, 0.2) is 0 Å². The third-order valence-electron chi connectivity index (χ3n) is 6.72. The first-order valence-electron chi connectivity index (χ1n) is 10.9. The standard InChI is InChI=1S/3C7H12O2.Ga/c3*1-5-2-3-6(4-5)7(8)9;/h3*5-6H,2-4H2,1H3,(H,8,9);/q;;;+3/p-3. The molecule has 3 aliphatic rings. The van der Waals surface area contributed by atoms with Crippen LogP contribution in [0.2, 0.25) is 0 Å². The van der Waals surface area contributed by atoms with E-state index >= 15 is 0 Å². The van der Waals surface area contributed by atoms with Gasteiger partial charge in [0.2, 0.25) is 0 Å². The van der Waals surface area contributed by atoms with Crippen molar-refractivity contribution in [2.45, 2.75) is 78.6 Å². The van der Waals surface area contributed by atoms with Gasteiger partial charge in [-0.2, -0.15) is 0 Å². The summed E-state index contributed by atoms with van der Waals surface area (Å²) in [6.45, 7) is 6.36. The summed E-state index contributed by atoms with van der Waals surface area (Å²) in [6.07, 6.45) is 7.72.